The number of fused-ring (bicyclic) bond motifs is 1. The first-order chi connectivity index (χ1) is 10.3. The molecule has 1 saturated carbocycles. The Hall–Kier alpha value is -0.860. The third-order valence-corrected chi connectivity index (χ3v) is 5.47. The molecule has 1 fully saturated rings. The second-order valence-electron chi connectivity index (χ2n) is 6.75. The van der Waals surface area contributed by atoms with Gasteiger partial charge in [0, 0.05) is 6.04 Å². The molecular formula is C19H29NO. The standard InChI is InChI=1S/C19H29NO/c1-3-14-5-7-15(8-6-14)19(20-4-2)16-9-10-17-12-21-13-18(17)11-16/h9-11,14-15,19-20H,3-8,12-13H2,1-2H3. The molecule has 0 spiro atoms. The summed E-state index contributed by atoms with van der Waals surface area (Å²) in [6.45, 7) is 7.20. The van der Waals surface area contributed by atoms with Crippen molar-refractivity contribution in [3.8, 4) is 0 Å². The first-order valence-corrected chi connectivity index (χ1v) is 8.74. The van der Waals surface area contributed by atoms with Crippen molar-refractivity contribution in [3.05, 3.63) is 34.9 Å². The highest BCUT2D eigenvalue weighted by Gasteiger charge is 2.28. The number of ether oxygens (including phenoxy) is 1. The fraction of sp³-hybridized carbons (Fsp3) is 0.684. The molecule has 1 aliphatic carbocycles. The molecule has 2 aliphatic rings. The number of rotatable bonds is 5. The smallest absolute Gasteiger partial charge is 0.0725 e. The largest absolute Gasteiger partial charge is 0.372 e. The van der Waals surface area contributed by atoms with Gasteiger partial charge in [-0.05, 0) is 47.9 Å². The van der Waals surface area contributed by atoms with Crippen LogP contribution in [-0.4, -0.2) is 6.54 Å². The molecule has 1 aliphatic heterocycles. The Balaban J connectivity index is 1.75. The highest BCUT2D eigenvalue weighted by atomic mass is 16.5. The SMILES string of the molecule is CCNC(c1ccc2c(c1)COC2)C1CCC(CC)CC1. The normalized spacial score (nSPS) is 26.6. The fourth-order valence-corrected chi connectivity index (χ4v) is 4.09. The monoisotopic (exact) mass is 287 g/mol. The Morgan fingerprint density at radius 3 is 2.57 bits per heavy atom. The Labute approximate surface area is 129 Å². The summed E-state index contributed by atoms with van der Waals surface area (Å²) in [7, 11) is 0. The third-order valence-electron chi connectivity index (χ3n) is 5.47. The summed E-state index contributed by atoms with van der Waals surface area (Å²) in [6.07, 6.45) is 6.94. The van der Waals surface area contributed by atoms with Crippen LogP contribution < -0.4 is 5.32 Å². The fourth-order valence-electron chi connectivity index (χ4n) is 4.09. The Bertz CT molecular complexity index is 463. The van der Waals surface area contributed by atoms with Crippen molar-refractivity contribution in [2.45, 2.75) is 65.2 Å². The van der Waals surface area contributed by atoms with Crippen molar-refractivity contribution in [2.24, 2.45) is 11.8 Å². The highest BCUT2D eigenvalue weighted by Crippen LogP contribution is 2.38. The summed E-state index contributed by atoms with van der Waals surface area (Å²) in [5.74, 6) is 1.77. The maximum atomic E-state index is 5.56. The molecule has 21 heavy (non-hydrogen) atoms. The van der Waals surface area contributed by atoms with E-state index in [0.717, 1.165) is 31.6 Å². The van der Waals surface area contributed by atoms with Gasteiger partial charge in [0.25, 0.3) is 0 Å². The summed E-state index contributed by atoms with van der Waals surface area (Å²) in [5, 5.41) is 3.75. The average Bonchev–Trinajstić information content (AvgIpc) is 3.00. The molecule has 1 heterocycles. The lowest BCUT2D eigenvalue weighted by atomic mass is 9.75. The average molecular weight is 287 g/mol. The van der Waals surface area contributed by atoms with Crippen LogP contribution >= 0.6 is 0 Å². The van der Waals surface area contributed by atoms with Crippen molar-refractivity contribution >= 4 is 0 Å². The van der Waals surface area contributed by atoms with Crippen LogP contribution in [0.4, 0.5) is 0 Å². The maximum Gasteiger partial charge on any atom is 0.0725 e. The van der Waals surface area contributed by atoms with E-state index < -0.39 is 0 Å². The van der Waals surface area contributed by atoms with Crippen LogP contribution in [0.25, 0.3) is 0 Å². The zero-order valence-electron chi connectivity index (χ0n) is 13.5. The molecule has 1 aromatic carbocycles. The van der Waals surface area contributed by atoms with Crippen LogP contribution in [0.1, 0.15) is 68.7 Å². The Kier molecular flexibility index (Phi) is 4.97. The zero-order valence-corrected chi connectivity index (χ0v) is 13.5. The summed E-state index contributed by atoms with van der Waals surface area (Å²) in [4.78, 5) is 0. The predicted octanol–water partition coefficient (Wildman–Crippen LogP) is 4.58. The van der Waals surface area contributed by atoms with Gasteiger partial charge in [-0.3, -0.25) is 0 Å². The molecular weight excluding hydrogens is 258 g/mol. The van der Waals surface area contributed by atoms with Crippen LogP contribution in [0.5, 0.6) is 0 Å². The van der Waals surface area contributed by atoms with Gasteiger partial charge >= 0.3 is 0 Å². The lowest BCUT2D eigenvalue weighted by molar-refractivity contribution is 0.134. The van der Waals surface area contributed by atoms with E-state index in [9.17, 15) is 0 Å². The van der Waals surface area contributed by atoms with Gasteiger partial charge in [-0.25, -0.2) is 0 Å². The van der Waals surface area contributed by atoms with E-state index in [1.807, 2.05) is 0 Å². The third kappa shape index (κ3) is 3.32. The molecule has 0 saturated heterocycles. The molecule has 0 radical (unpaired) electrons. The summed E-state index contributed by atoms with van der Waals surface area (Å²) < 4.78 is 5.56. The molecule has 0 aromatic heterocycles. The van der Waals surface area contributed by atoms with Gasteiger partial charge < -0.3 is 10.1 Å². The number of nitrogens with one attached hydrogen (secondary N) is 1. The molecule has 1 atom stereocenters. The zero-order chi connectivity index (χ0) is 14.7. The van der Waals surface area contributed by atoms with E-state index in [0.29, 0.717) is 6.04 Å². The Morgan fingerprint density at radius 2 is 1.86 bits per heavy atom. The second kappa shape index (κ2) is 6.93. The topological polar surface area (TPSA) is 21.3 Å². The molecule has 3 rings (SSSR count). The van der Waals surface area contributed by atoms with Gasteiger partial charge in [-0.2, -0.15) is 0 Å². The number of benzene rings is 1. The van der Waals surface area contributed by atoms with E-state index in [4.69, 9.17) is 4.74 Å². The molecule has 2 heteroatoms. The van der Waals surface area contributed by atoms with Crippen LogP contribution in [0, 0.1) is 11.8 Å². The molecule has 1 N–H and O–H groups in total. The summed E-state index contributed by atoms with van der Waals surface area (Å²) in [6, 6.07) is 7.52. The van der Waals surface area contributed by atoms with Crippen LogP contribution in [0.3, 0.4) is 0 Å². The minimum atomic E-state index is 0.527. The van der Waals surface area contributed by atoms with Crippen LogP contribution in [-0.2, 0) is 18.0 Å². The molecule has 2 nitrogen and oxygen atoms in total. The van der Waals surface area contributed by atoms with Crippen molar-refractivity contribution in [3.63, 3.8) is 0 Å². The lowest BCUT2D eigenvalue weighted by Gasteiger charge is -2.34. The second-order valence-corrected chi connectivity index (χ2v) is 6.75. The minimum absolute atomic E-state index is 0.527. The van der Waals surface area contributed by atoms with Crippen molar-refractivity contribution in [1.29, 1.82) is 0 Å². The first-order valence-electron chi connectivity index (χ1n) is 8.74. The summed E-state index contributed by atoms with van der Waals surface area (Å²) >= 11 is 0. The molecule has 1 aromatic rings. The minimum Gasteiger partial charge on any atom is -0.372 e. The quantitative estimate of drug-likeness (QED) is 0.855. The molecule has 116 valence electrons. The number of hydrogen-bond acceptors (Lipinski definition) is 2. The first kappa shape index (κ1) is 15.1. The predicted molar refractivity (Wildman–Crippen MR) is 87.1 cm³/mol. The van der Waals surface area contributed by atoms with Gasteiger partial charge in [0.1, 0.15) is 0 Å². The maximum absolute atomic E-state index is 5.56. The molecule has 1 unspecified atom stereocenters. The lowest BCUT2D eigenvalue weighted by Crippen LogP contribution is -2.31. The van der Waals surface area contributed by atoms with E-state index >= 15 is 0 Å². The van der Waals surface area contributed by atoms with Crippen molar-refractivity contribution in [1.82, 2.24) is 5.32 Å². The molecule has 0 bridgehead atoms. The van der Waals surface area contributed by atoms with E-state index in [2.05, 4.69) is 37.4 Å². The van der Waals surface area contributed by atoms with E-state index in [1.54, 1.807) is 0 Å². The van der Waals surface area contributed by atoms with Gasteiger partial charge in [0.2, 0.25) is 0 Å². The van der Waals surface area contributed by atoms with Crippen molar-refractivity contribution in [2.75, 3.05) is 6.54 Å². The van der Waals surface area contributed by atoms with Crippen LogP contribution in [0.2, 0.25) is 0 Å². The molecule has 0 amide bonds. The van der Waals surface area contributed by atoms with Gasteiger partial charge in [-0.15, -0.1) is 0 Å². The van der Waals surface area contributed by atoms with Crippen LogP contribution in [0.15, 0.2) is 18.2 Å². The van der Waals surface area contributed by atoms with Gasteiger partial charge in [0.05, 0.1) is 13.2 Å². The number of hydrogen-bond donors (Lipinski definition) is 1. The highest BCUT2D eigenvalue weighted by molar-refractivity contribution is 5.35. The summed E-state index contributed by atoms with van der Waals surface area (Å²) in [5.41, 5.74) is 4.25. The van der Waals surface area contributed by atoms with E-state index in [-0.39, 0.29) is 0 Å². The van der Waals surface area contributed by atoms with Gasteiger partial charge in [-0.1, -0.05) is 51.3 Å². The van der Waals surface area contributed by atoms with E-state index in [1.165, 1.54) is 48.8 Å². The van der Waals surface area contributed by atoms with Crippen molar-refractivity contribution < 1.29 is 4.74 Å². The van der Waals surface area contributed by atoms with Gasteiger partial charge in [0.15, 0.2) is 0 Å². The Morgan fingerprint density at radius 1 is 1.10 bits per heavy atom.